The van der Waals surface area contributed by atoms with Gasteiger partial charge in [-0.25, -0.2) is 4.79 Å². The van der Waals surface area contributed by atoms with Gasteiger partial charge >= 0.3 is 5.97 Å². The van der Waals surface area contributed by atoms with E-state index in [-0.39, 0.29) is 5.97 Å². The number of rotatable bonds is 7. The number of esters is 1. The molecule has 0 amide bonds. The first-order valence-electron chi connectivity index (χ1n) is 5.99. The highest BCUT2D eigenvalue weighted by molar-refractivity contribution is 5.77. The van der Waals surface area contributed by atoms with Crippen molar-refractivity contribution >= 4 is 5.97 Å². The SMILES string of the molecule is CCOC(=O)C(NCCOC)c1cnn(C)c1C. The number of hydrogen-bond donors (Lipinski definition) is 1. The Morgan fingerprint density at radius 3 is 2.83 bits per heavy atom. The molecule has 1 aromatic rings. The second-order valence-corrected chi connectivity index (χ2v) is 3.94. The highest BCUT2D eigenvalue weighted by Gasteiger charge is 2.24. The molecule has 1 rings (SSSR count). The Kier molecular flexibility index (Phi) is 5.80. The first-order chi connectivity index (χ1) is 8.61. The largest absolute Gasteiger partial charge is 0.465 e. The van der Waals surface area contributed by atoms with Crippen molar-refractivity contribution in [3.63, 3.8) is 0 Å². The van der Waals surface area contributed by atoms with Gasteiger partial charge < -0.3 is 9.47 Å². The molecule has 0 aliphatic carbocycles. The monoisotopic (exact) mass is 255 g/mol. The quantitative estimate of drug-likeness (QED) is 0.570. The van der Waals surface area contributed by atoms with E-state index in [4.69, 9.17) is 9.47 Å². The lowest BCUT2D eigenvalue weighted by Gasteiger charge is -2.16. The summed E-state index contributed by atoms with van der Waals surface area (Å²) >= 11 is 0. The molecule has 0 radical (unpaired) electrons. The van der Waals surface area contributed by atoms with Crippen LogP contribution in [0, 0.1) is 6.92 Å². The molecule has 6 heteroatoms. The van der Waals surface area contributed by atoms with Gasteiger partial charge in [-0.1, -0.05) is 0 Å². The van der Waals surface area contributed by atoms with Crippen LogP contribution >= 0.6 is 0 Å². The lowest BCUT2D eigenvalue weighted by atomic mass is 10.1. The summed E-state index contributed by atoms with van der Waals surface area (Å²) in [4.78, 5) is 11.9. The van der Waals surface area contributed by atoms with Crippen LogP contribution in [-0.4, -0.2) is 42.6 Å². The van der Waals surface area contributed by atoms with Crippen LogP contribution in [0.15, 0.2) is 6.20 Å². The van der Waals surface area contributed by atoms with Crippen molar-refractivity contribution in [2.45, 2.75) is 19.9 Å². The van der Waals surface area contributed by atoms with Crippen LogP contribution in [0.4, 0.5) is 0 Å². The predicted molar refractivity (Wildman–Crippen MR) is 67.2 cm³/mol. The van der Waals surface area contributed by atoms with Crippen molar-refractivity contribution in [3.05, 3.63) is 17.5 Å². The maximum absolute atomic E-state index is 11.9. The Bertz CT molecular complexity index is 390. The van der Waals surface area contributed by atoms with Gasteiger partial charge in [0.25, 0.3) is 0 Å². The number of carbonyl (C=O) groups excluding carboxylic acids is 1. The molecule has 18 heavy (non-hydrogen) atoms. The van der Waals surface area contributed by atoms with Crippen molar-refractivity contribution in [1.29, 1.82) is 0 Å². The smallest absolute Gasteiger partial charge is 0.327 e. The Morgan fingerprint density at radius 1 is 1.61 bits per heavy atom. The molecule has 0 spiro atoms. The van der Waals surface area contributed by atoms with Crippen molar-refractivity contribution in [3.8, 4) is 0 Å². The summed E-state index contributed by atoms with van der Waals surface area (Å²) in [6.45, 7) is 5.19. The minimum absolute atomic E-state index is 0.287. The number of carbonyl (C=O) groups is 1. The second kappa shape index (κ2) is 7.13. The average Bonchev–Trinajstić information content (AvgIpc) is 2.66. The Labute approximate surface area is 107 Å². The zero-order chi connectivity index (χ0) is 13.5. The van der Waals surface area contributed by atoms with E-state index >= 15 is 0 Å². The van der Waals surface area contributed by atoms with Crippen LogP contribution in [0.25, 0.3) is 0 Å². The van der Waals surface area contributed by atoms with Gasteiger partial charge in [-0.15, -0.1) is 0 Å². The zero-order valence-corrected chi connectivity index (χ0v) is 11.4. The van der Waals surface area contributed by atoms with E-state index in [1.54, 1.807) is 24.9 Å². The lowest BCUT2D eigenvalue weighted by Crippen LogP contribution is -2.32. The van der Waals surface area contributed by atoms with E-state index in [0.717, 1.165) is 11.3 Å². The number of methoxy groups -OCH3 is 1. The maximum atomic E-state index is 11.9. The van der Waals surface area contributed by atoms with E-state index in [1.807, 2.05) is 14.0 Å². The van der Waals surface area contributed by atoms with Gasteiger partial charge in [-0.3, -0.25) is 10.00 Å². The van der Waals surface area contributed by atoms with Gasteiger partial charge in [-0.05, 0) is 13.8 Å². The third-order valence-corrected chi connectivity index (χ3v) is 2.76. The Balaban J connectivity index is 2.82. The average molecular weight is 255 g/mol. The van der Waals surface area contributed by atoms with Crippen LogP contribution < -0.4 is 5.32 Å². The molecule has 0 saturated heterocycles. The molecule has 1 heterocycles. The number of aromatic nitrogens is 2. The Hall–Kier alpha value is -1.40. The molecule has 1 unspecified atom stereocenters. The fourth-order valence-electron chi connectivity index (χ4n) is 1.65. The fourth-order valence-corrected chi connectivity index (χ4v) is 1.65. The molecule has 0 saturated carbocycles. The zero-order valence-electron chi connectivity index (χ0n) is 11.4. The normalized spacial score (nSPS) is 12.4. The summed E-state index contributed by atoms with van der Waals surface area (Å²) in [6.07, 6.45) is 1.69. The minimum Gasteiger partial charge on any atom is -0.465 e. The molecule has 102 valence electrons. The van der Waals surface area contributed by atoms with E-state index in [2.05, 4.69) is 10.4 Å². The highest BCUT2D eigenvalue weighted by atomic mass is 16.5. The number of hydrogen-bond acceptors (Lipinski definition) is 5. The van der Waals surface area contributed by atoms with Crippen molar-refractivity contribution in [1.82, 2.24) is 15.1 Å². The Morgan fingerprint density at radius 2 is 2.33 bits per heavy atom. The summed E-state index contributed by atoms with van der Waals surface area (Å²) in [5.74, 6) is -0.287. The number of nitrogens with zero attached hydrogens (tertiary/aromatic N) is 2. The van der Waals surface area contributed by atoms with Gasteiger partial charge in [-0.2, -0.15) is 5.10 Å². The van der Waals surface area contributed by atoms with Gasteiger partial charge in [0.05, 0.1) is 19.4 Å². The number of nitrogens with one attached hydrogen (secondary N) is 1. The molecular formula is C12H21N3O3. The number of ether oxygens (including phenoxy) is 2. The molecule has 0 aliphatic heterocycles. The molecule has 0 fully saturated rings. The molecule has 1 aromatic heterocycles. The third kappa shape index (κ3) is 3.54. The van der Waals surface area contributed by atoms with Crippen LogP contribution in [0.2, 0.25) is 0 Å². The summed E-state index contributed by atoms with van der Waals surface area (Å²) < 4.78 is 11.8. The van der Waals surface area contributed by atoms with Crippen LogP contribution in [0.5, 0.6) is 0 Å². The standard InChI is InChI=1S/C12H21N3O3/c1-5-18-12(16)11(13-6-7-17-4)10-8-14-15(3)9(10)2/h8,11,13H,5-7H2,1-4H3. The first kappa shape index (κ1) is 14.7. The summed E-state index contributed by atoms with van der Waals surface area (Å²) in [5, 5.41) is 7.27. The molecule has 0 aliphatic rings. The van der Waals surface area contributed by atoms with Crippen molar-refractivity contribution in [2.24, 2.45) is 7.05 Å². The topological polar surface area (TPSA) is 65.4 Å². The van der Waals surface area contributed by atoms with Crippen LogP contribution in [0.3, 0.4) is 0 Å². The van der Waals surface area contributed by atoms with E-state index in [9.17, 15) is 4.79 Å². The molecular weight excluding hydrogens is 234 g/mol. The fraction of sp³-hybridized carbons (Fsp3) is 0.667. The van der Waals surface area contributed by atoms with E-state index in [0.29, 0.717) is 19.8 Å². The summed E-state index contributed by atoms with van der Waals surface area (Å²) in [7, 11) is 3.46. The highest BCUT2D eigenvalue weighted by Crippen LogP contribution is 2.18. The van der Waals surface area contributed by atoms with Crippen LogP contribution in [0.1, 0.15) is 24.2 Å². The van der Waals surface area contributed by atoms with Crippen molar-refractivity contribution < 1.29 is 14.3 Å². The van der Waals surface area contributed by atoms with Gasteiger partial charge in [0.2, 0.25) is 0 Å². The van der Waals surface area contributed by atoms with Gasteiger partial charge in [0.15, 0.2) is 0 Å². The summed E-state index contributed by atoms with van der Waals surface area (Å²) in [6, 6.07) is -0.492. The van der Waals surface area contributed by atoms with Gasteiger partial charge in [0.1, 0.15) is 6.04 Å². The van der Waals surface area contributed by atoms with E-state index < -0.39 is 6.04 Å². The molecule has 1 N–H and O–H groups in total. The summed E-state index contributed by atoms with van der Waals surface area (Å²) in [5.41, 5.74) is 1.78. The predicted octanol–water partition coefficient (Wildman–Crippen LogP) is 0.569. The number of aryl methyl sites for hydroxylation is 1. The van der Waals surface area contributed by atoms with Crippen molar-refractivity contribution in [2.75, 3.05) is 26.9 Å². The maximum Gasteiger partial charge on any atom is 0.327 e. The molecule has 0 bridgehead atoms. The minimum atomic E-state index is -0.492. The third-order valence-electron chi connectivity index (χ3n) is 2.76. The second-order valence-electron chi connectivity index (χ2n) is 3.94. The van der Waals surface area contributed by atoms with Gasteiger partial charge in [0, 0.05) is 32.0 Å². The first-order valence-corrected chi connectivity index (χ1v) is 5.99. The van der Waals surface area contributed by atoms with E-state index in [1.165, 1.54) is 0 Å². The molecule has 1 atom stereocenters. The lowest BCUT2D eigenvalue weighted by molar-refractivity contribution is -0.145. The molecule has 6 nitrogen and oxygen atoms in total. The van der Waals surface area contributed by atoms with Crippen LogP contribution in [-0.2, 0) is 21.3 Å². The molecule has 0 aromatic carbocycles.